The van der Waals surface area contributed by atoms with Gasteiger partial charge in [-0.15, -0.1) is 24.8 Å². The summed E-state index contributed by atoms with van der Waals surface area (Å²) in [5.41, 5.74) is 5.68. The monoisotopic (exact) mass is 311 g/mol. The number of piperazine rings is 1. The van der Waals surface area contributed by atoms with Crippen LogP contribution >= 0.6 is 24.8 Å². The van der Waals surface area contributed by atoms with E-state index in [2.05, 4.69) is 4.90 Å². The third-order valence-electron chi connectivity index (χ3n) is 3.75. The van der Waals surface area contributed by atoms with E-state index in [9.17, 15) is 4.79 Å². The lowest BCUT2D eigenvalue weighted by molar-refractivity contribution is -0.133. The van der Waals surface area contributed by atoms with Crippen LogP contribution in [0.5, 0.6) is 0 Å². The van der Waals surface area contributed by atoms with Crippen LogP contribution in [-0.4, -0.2) is 54.5 Å². The van der Waals surface area contributed by atoms with E-state index in [4.69, 9.17) is 5.73 Å². The van der Waals surface area contributed by atoms with Gasteiger partial charge in [0.25, 0.3) is 0 Å². The Balaban J connectivity index is 0.00000162. The fraction of sp³-hybridized carbons (Fsp3) is 0.923. The predicted octanol–water partition coefficient (Wildman–Crippen LogP) is 1.51. The maximum atomic E-state index is 11.9. The van der Waals surface area contributed by atoms with E-state index in [1.807, 2.05) is 11.8 Å². The Hall–Kier alpha value is -0.0300. The molecule has 0 aromatic carbocycles. The third-order valence-corrected chi connectivity index (χ3v) is 3.75. The molecule has 1 unspecified atom stereocenters. The van der Waals surface area contributed by atoms with E-state index in [1.54, 1.807) is 0 Å². The van der Waals surface area contributed by atoms with Crippen molar-refractivity contribution in [2.45, 2.75) is 38.6 Å². The van der Waals surface area contributed by atoms with Crippen LogP contribution in [-0.2, 0) is 4.79 Å². The van der Waals surface area contributed by atoms with Gasteiger partial charge in [0.2, 0.25) is 5.91 Å². The lowest BCUT2D eigenvalue weighted by Crippen LogP contribution is -2.49. The van der Waals surface area contributed by atoms with Gasteiger partial charge in [0.15, 0.2) is 0 Å². The molecule has 114 valence electrons. The Morgan fingerprint density at radius 1 is 1.21 bits per heavy atom. The first-order valence-corrected chi connectivity index (χ1v) is 6.91. The zero-order valence-electron chi connectivity index (χ0n) is 11.7. The molecule has 1 saturated carbocycles. The molecule has 0 bridgehead atoms. The number of nitrogens with two attached hydrogens (primary N) is 1. The summed E-state index contributed by atoms with van der Waals surface area (Å²) < 4.78 is 0. The summed E-state index contributed by atoms with van der Waals surface area (Å²) in [5, 5.41) is 0. The minimum Gasteiger partial charge on any atom is -0.340 e. The second-order valence-corrected chi connectivity index (χ2v) is 5.64. The topological polar surface area (TPSA) is 49.6 Å². The highest BCUT2D eigenvalue weighted by atomic mass is 35.5. The Bertz CT molecular complexity index is 265. The average molecular weight is 312 g/mol. The molecule has 19 heavy (non-hydrogen) atoms. The molecule has 2 N–H and O–H groups in total. The van der Waals surface area contributed by atoms with Crippen molar-refractivity contribution in [3.8, 4) is 0 Å². The molecule has 0 spiro atoms. The molecule has 1 atom stereocenters. The van der Waals surface area contributed by atoms with Crippen LogP contribution in [0.3, 0.4) is 0 Å². The van der Waals surface area contributed by atoms with Gasteiger partial charge in [-0.05, 0) is 32.1 Å². The minimum atomic E-state index is 0. The van der Waals surface area contributed by atoms with E-state index >= 15 is 0 Å². The second kappa shape index (κ2) is 9.01. The van der Waals surface area contributed by atoms with E-state index in [-0.39, 0.29) is 36.8 Å². The van der Waals surface area contributed by atoms with Crippen molar-refractivity contribution in [3.63, 3.8) is 0 Å². The Kier molecular flexibility index (Phi) is 8.99. The van der Waals surface area contributed by atoms with Crippen molar-refractivity contribution in [3.05, 3.63) is 0 Å². The van der Waals surface area contributed by atoms with Gasteiger partial charge < -0.3 is 10.6 Å². The lowest BCUT2D eigenvalue weighted by atomic mass is 10.1. The summed E-state index contributed by atoms with van der Waals surface area (Å²) in [6, 6.07) is 0.134. The van der Waals surface area contributed by atoms with E-state index in [0.717, 1.165) is 38.5 Å². The van der Waals surface area contributed by atoms with Crippen LogP contribution in [0.15, 0.2) is 0 Å². The van der Waals surface area contributed by atoms with Gasteiger partial charge in [0, 0.05) is 45.2 Å². The normalized spacial score (nSPS) is 21.3. The molecule has 2 rings (SSSR count). The Morgan fingerprint density at radius 3 is 2.26 bits per heavy atom. The molecule has 1 saturated heterocycles. The number of nitrogens with zero attached hydrogens (tertiary/aromatic N) is 2. The quantitative estimate of drug-likeness (QED) is 0.837. The molecule has 2 aliphatic rings. The molecule has 0 radical (unpaired) electrons. The Morgan fingerprint density at radius 2 is 1.79 bits per heavy atom. The Labute approximate surface area is 128 Å². The number of rotatable bonds is 5. The van der Waals surface area contributed by atoms with Gasteiger partial charge in [-0.3, -0.25) is 9.69 Å². The van der Waals surface area contributed by atoms with Gasteiger partial charge >= 0.3 is 0 Å². The van der Waals surface area contributed by atoms with Gasteiger partial charge in [-0.25, -0.2) is 0 Å². The highest BCUT2D eigenvalue weighted by molar-refractivity contribution is 5.85. The zero-order valence-corrected chi connectivity index (χ0v) is 13.3. The van der Waals surface area contributed by atoms with Crippen LogP contribution in [0.1, 0.15) is 32.6 Å². The highest BCUT2D eigenvalue weighted by Crippen LogP contribution is 2.29. The van der Waals surface area contributed by atoms with Gasteiger partial charge in [-0.1, -0.05) is 0 Å². The number of carbonyl (C=O) groups is 1. The molecule has 6 heteroatoms. The maximum absolute atomic E-state index is 11.9. The summed E-state index contributed by atoms with van der Waals surface area (Å²) in [4.78, 5) is 16.4. The molecular weight excluding hydrogens is 285 g/mol. The van der Waals surface area contributed by atoms with Crippen molar-refractivity contribution in [1.82, 2.24) is 9.80 Å². The van der Waals surface area contributed by atoms with Crippen molar-refractivity contribution in [2.75, 3.05) is 32.7 Å². The average Bonchev–Trinajstić information content (AvgIpc) is 3.11. The van der Waals surface area contributed by atoms with Crippen LogP contribution in [0, 0.1) is 5.92 Å². The number of hydrogen-bond donors (Lipinski definition) is 1. The summed E-state index contributed by atoms with van der Waals surface area (Å²) >= 11 is 0. The smallest absolute Gasteiger partial charge is 0.222 e. The summed E-state index contributed by atoms with van der Waals surface area (Å²) in [7, 11) is 0. The molecule has 2 fully saturated rings. The fourth-order valence-electron chi connectivity index (χ4n) is 2.35. The molecule has 1 aliphatic carbocycles. The van der Waals surface area contributed by atoms with Crippen LogP contribution < -0.4 is 5.73 Å². The second-order valence-electron chi connectivity index (χ2n) is 5.64. The first kappa shape index (κ1) is 19.0. The fourth-order valence-corrected chi connectivity index (χ4v) is 2.35. The molecule has 0 aromatic rings. The first-order chi connectivity index (χ1) is 8.15. The largest absolute Gasteiger partial charge is 0.340 e. The number of hydrogen-bond acceptors (Lipinski definition) is 3. The zero-order chi connectivity index (χ0) is 12.3. The highest BCUT2D eigenvalue weighted by Gasteiger charge is 2.27. The SMILES string of the molecule is CC(N)CCC(=O)N1CCN(CC2CC2)CC1.Cl.Cl. The van der Waals surface area contributed by atoms with Crippen molar-refractivity contribution < 1.29 is 4.79 Å². The molecule has 1 heterocycles. The maximum Gasteiger partial charge on any atom is 0.222 e. The summed E-state index contributed by atoms with van der Waals surface area (Å²) in [6.07, 6.45) is 4.24. The van der Waals surface area contributed by atoms with Crippen molar-refractivity contribution in [2.24, 2.45) is 11.7 Å². The molecule has 4 nitrogen and oxygen atoms in total. The predicted molar refractivity (Wildman–Crippen MR) is 83.1 cm³/mol. The number of halogens is 2. The van der Waals surface area contributed by atoms with E-state index in [1.165, 1.54) is 19.4 Å². The minimum absolute atomic E-state index is 0. The standard InChI is InChI=1S/C13H25N3O.2ClH/c1-11(14)2-5-13(17)16-8-6-15(7-9-16)10-12-3-4-12;;/h11-12H,2-10,14H2,1H3;2*1H. The molecule has 1 amide bonds. The molecule has 0 aromatic heterocycles. The summed E-state index contributed by atoms with van der Waals surface area (Å²) in [6.45, 7) is 7.14. The van der Waals surface area contributed by atoms with Crippen LogP contribution in [0.25, 0.3) is 0 Å². The van der Waals surface area contributed by atoms with Crippen molar-refractivity contribution >= 4 is 30.7 Å². The van der Waals surface area contributed by atoms with Gasteiger partial charge in [0.05, 0.1) is 0 Å². The van der Waals surface area contributed by atoms with Crippen LogP contribution in [0.2, 0.25) is 0 Å². The summed E-state index contributed by atoms with van der Waals surface area (Å²) in [5.74, 6) is 1.24. The number of carbonyl (C=O) groups excluding carboxylic acids is 1. The first-order valence-electron chi connectivity index (χ1n) is 6.91. The number of amides is 1. The molecular formula is C13H27Cl2N3O. The van der Waals surface area contributed by atoms with Crippen LogP contribution in [0.4, 0.5) is 0 Å². The molecule has 1 aliphatic heterocycles. The third kappa shape index (κ3) is 6.80. The van der Waals surface area contributed by atoms with Crippen molar-refractivity contribution in [1.29, 1.82) is 0 Å². The van der Waals surface area contributed by atoms with Gasteiger partial charge in [-0.2, -0.15) is 0 Å². The lowest BCUT2D eigenvalue weighted by Gasteiger charge is -2.35. The van der Waals surface area contributed by atoms with E-state index < -0.39 is 0 Å². The van der Waals surface area contributed by atoms with E-state index in [0.29, 0.717) is 6.42 Å². The van der Waals surface area contributed by atoms with Gasteiger partial charge in [0.1, 0.15) is 0 Å².